The van der Waals surface area contributed by atoms with Gasteiger partial charge in [-0.1, -0.05) is 17.7 Å². The van der Waals surface area contributed by atoms with Crippen LogP contribution < -0.4 is 0 Å². The first-order valence-corrected chi connectivity index (χ1v) is 4.56. The van der Waals surface area contributed by atoms with Gasteiger partial charge in [0, 0.05) is 18.6 Å². The number of fused-ring (bicyclic) bond motifs is 1. The fraction of sp³-hybridized carbons (Fsp3) is 0.300. The SMILES string of the molecule is CN1Cc2ccc(Cl)cc2CC1=O. The maximum Gasteiger partial charge on any atom is 0.227 e. The van der Waals surface area contributed by atoms with Crippen molar-refractivity contribution in [3.63, 3.8) is 0 Å². The number of benzene rings is 1. The lowest BCUT2D eigenvalue weighted by Gasteiger charge is -2.24. The Hall–Kier alpha value is -1.02. The Morgan fingerprint density at radius 3 is 2.92 bits per heavy atom. The van der Waals surface area contributed by atoms with E-state index in [9.17, 15) is 4.79 Å². The quantitative estimate of drug-likeness (QED) is 0.619. The third-order valence-corrected chi connectivity index (χ3v) is 2.58. The zero-order valence-electron chi connectivity index (χ0n) is 7.38. The molecule has 0 radical (unpaired) electrons. The number of carbonyl (C=O) groups excluding carboxylic acids is 1. The summed E-state index contributed by atoms with van der Waals surface area (Å²) >= 11 is 5.84. The van der Waals surface area contributed by atoms with Gasteiger partial charge in [-0.25, -0.2) is 0 Å². The summed E-state index contributed by atoms with van der Waals surface area (Å²) in [5.41, 5.74) is 2.27. The highest BCUT2D eigenvalue weighted by Crippen LogP contribution is 2.22. The molecule has 0 spiro atoms. The van der Waals surface area contributed by atoms with Crippen LogP contribution >= 0.6 is 11.6 Å². The Balaban J connectivity index is 2.42. The molecule has 1 aliphatic rings. The minimum absolute atomic E-state index is 0.162. The molecule has 1 aliphatic heterocycles. The monoisotopic (exact) mass is 195 g/mol. The Bertz CT molecular complexity index is 362. The van der Waals surface area contributed by atoms with Crippen molar-refractivity contribution in [2.24, 2.45) is 0 Å². The predicted octanol–water partition coefficient (Wildman–Crippen LogP) is 1.85. The van der Waals surface area contributed by atoms with E-state index in [-0.39, 0.29) is 5.91 Å². The molecule has 0 saturated carbocycles. The van der Waals surface area contributed by atoms with E-state index in [0.29, 0.717) is 18.0 Å². The molecule has 0 N–H and O–H groups in total. The molecule has 3 heteroatoms. The summed E-state index contributed by atoms with van der Waals surface area (Å²) in [4.78, 5) is 13.1. The lowest BCUT2D eigenvalue weighted by molar-refractivity contribution is -0.130. The average molecular weight is 196 g/mol. The van der Waals surface area contributed by atoms with Gasteiger partial charge in [-0.05, 0) is 23.3 Å². The van der Waals surface area contributed by atoms with Gasteiger partial charge in [0.25, 0.3) is 0 Å². The van der Waals surface area contributed by atoms with Gasteiger partial charge >= 0.3 is 0 Å². The zero-order valence-corrected chi connectivity index (χ0v) is 8.14. The van der Waals surface area contributed by atoms with Crippen LogP contribution in [0.2, 0.25) is 5.02 Å². The van der Waals surface area contributed by atoms with E-state index in [1.807, 2.05) is 25.2 Å². The van der Waals surface area contributed by atoms with E-state index >= 15 is 0 Å². The molecular weight excluding hydrogens is 186 g/mol. The molecule has 0 fully saturated rings. The summed E-state index contributed by atoms with van der Waals surface area (Å²) in [5.74, 6) is 0.162. The Kier molecular flexibility index (Phi) is 2.00. The Morgan fingerprint density at radius 2 is 2.15 bits per heavy atom. The van der Waals surface area contributed by atoms with Crippen LogP contribution in [0, 0.1) is 0 Å². The van der Waals surface area contributed by atoms with Crippen LogP contribution in [0.3, 0.4) is 0 Å². The first-order chi connectivity index (χ1) is 6.16. The predicted molar refractivity (Wildman–Crippen MR) is 51.6 cm³/mol. The standard InChI is InChI=1S/C10H10ClNO/c1-12-6-7-2-3-9(11)4-8(7)5-10(12)13/h2-4H,5-6H2,1H3. The van der Waals surface area contributed by atoms with Crippen molar-refractivity contribution in [1.29, 1.82) is 0 Å². The number of hydrogen-bond acceptors (Lipinski definition) is 1. The van der Waals surface area contributed by atoms with E-state index in [1.54, 1.807) is 4.90 Å². The minimum atomic E-state index is 0.162. The van der Waals surface area contributed by atoms with Crippen LogP contribution in [0.15, 0.2) is 18.2 Å². The van der Waals surface area contributed by atoms with Gasteiger partial charge in [-0.2, -0.15) is 0 Å². The Labute approximate surface area is 82.1 Å². The first kappa shape index (κ1) is 8.57. The van der Waals surface area contributed by atoms with Crippen molar-refractivity contribution >= 4 is 17.5 Å². The number of carbonyl (C=O) groups is 1. The molecule has 0 saturated heterocycles. The molecule has 0 bridgehead atoms. The van der Waals surface area contributed by atoms with Crippen LogP contribution in [0.1, 0.15) is 11.1 Å². The third-order valence-electron chi connectivity index (χ3n) is 2.34. The second kappa shape index (κ2) is 3.04. The van der Waals surface area contributed by atoms with Crippen molar-refractivity contribution < 1.29 is 4.79 Å². The molecule has 0 aliphatic carbocycles. The van der Waals surface area contributed by atoms with Crippen molar-refractivity contribution in [3.8, 4) is 0 Å². The van der Waals surface area contributed by atoms with Crippen LogP contribution in [0.5, 0.6) is 0 Å². The fourth-order valence-electron chi connectivity index (χ4n) is 1.55. The highest BCUT2D eigenvalue weighted by molar-refractivity contribution is 6.30. The molecule has 1 aromatic carbocycles. The van der Waals surface area contributed by atoms with Gasteiger partial charge in [-0.15, -0.1) is 0 Å². The number of rotatable bonds is 0. The number of halogens is 1. The van der Waals surface area contributed by atoms with Gasteiger partial charge in [0.1, 0.15) is 0 Å². The van der Waals surface area contributed by atoms with Gasteiger partial charge in [0.05, 0.1) is 6.42 Å². The van der Waals surface area contributed by atoms with Gasteiger partial charge in [0.15, 0.2) is 0 Å². The average Bonchev–Trinajstić information content (AvgIpc) is 2.08. The topological polar surface area (TPSA) is 20.3 Å². The van der Waals surface area contributed by atoms with Crippen molar-refractivity contribution in [2.45, 2.75) is 13.0 Å². The molecular formula is C10H10ClNO. The van der Waals surface area contributed by atoms with Gasteiger partial charge in [0.2, 0.25) is 5.91 Å². The second-order valence-electron chi connectivity index (χ2n) is 3.34. The molecule has 1 heterocycles. The fourth-order valence-corrected chi connectivity index (χ4v) is 1.75. The van der Waals surface area contributed by atoms with Crippen LogP contribution in [-0.4, -0.2) is 17.9 Å². The molecule has 1 aromatic rings. The van der Waals surface area contributed by atoms with E-state index in [4.69, 9.17) is 11.6 Å². The molecule has 0 aromatic heterocycles. The third kappa shape index (κ3) is 1.54. The number of likely N-dealkylation sites (N-methyl/N-ethyl adjacent to an activating group) is 1. The molecule has 2 nitrogen and oxygen atoms in total. The first-order valence-electron chi connectivity index (χ1n) is 4.18. The summed E-state index contributed by atoms with van der Waals surface area (Å²) in [6.45, 7) is 0.700. The lowest BCUT2D eigenvalue weighted by atomic mass is 10.00. The maximum atomic E-state index is 11.4. The summed E-state index contributed by atoms with van der Waals surface area (Å²) in [6.07, 6.45) is 0.479. The van der Waals surface area contributed by atoms with Crippen LogP contribution in [-0.2, 0) is 17.8 Å². The van der Waals surface area contributed by atoms with Crippen LogP contribution in [0.4, 0.5) is 0 Å². The van der Waals surface area contributed by atoms with Crippen molar-refractivity contribution in [3.05, 3.63) is 34.3 Å². The maximum absolute atomic E-state index is 11.4. The molecule has 0 unspecified atom stereocenters. The van der Waals surface area contributed by atoms with Crippen LogP contribution in [0.25, 0.3) is 0 Å². The van der Waals surface area contributed by atoms with E-state index in [2.05, 4.69) is 0 Å². The van der Waals surface area contributed by atoms with Gasteiger partial charge in [-0.3, -0.25) is 4.79 Å². The van der Waals surface area contributed by atoms with Crippen molar-refractivity contribution in [1.82, 2.24) is 4.90 Å². The van der Waals surface area contributed by atoms with Gasteiger partial charge < -0.3 is 4.90 Å². The lowest BCUT2D eigenvalue weighted by Crippen LogP contribution is -2.32. The Morgan fingerprint density at radius 1 is 1.38 bits per heavy atom. The van der Waals surface area contributed by atoms with Crippen molar-refractivity contribution in [2.75, 3.05) is 7.05 Å². The molecule has 0 atom stereocenters. The number of hydrogen-bond donors (Lipinski definition) is 0. The minimum Gasteiger partial charge on any atom is -0.341 e. The highest BCUT2D eigenvalue weighted by atomic mass is 35.5. The summed E-state index contributed by atoms with van der Waals surface area (Å²) in [5, 5.41) is 0.705. The smallest absolute Gasteiger partial charge is 0.227 e. The molecule has 2 rings (SSSR count). The molecule has 1 amide bonds. The largest absolute Gasteiger partial charge is 0.341 e. The molecule has 68 valence electrons. The number of nitrogens with zero attached hydrogens (tertiary/aromatic N) is 1. The summed E-state index contributed by atoms with van der Waals surface area (Å²) in [7, 11) is 1.82. The summed E-state index contributed by atoms with van der Waals surface area (Å²) in [6, 6.07) is 5.73. The summed E-state index contributed by atoms with van der Waals surface area (Å²) < 4.78 is 0. The zero-order chi connectivity index (χ0) is 9.42. The number of amides is 1. The van der Waals surface area contributed by atoms with E-state index in [0.717, 1.165) is 5.56 Å². The van der Waals surface area contributed by atoms with E-state index < -0.39 is 0 Å². The normalized spacial score (nSPS) is 15.8. The second-order valence-corrected chi connectivity index (χ2v) is 3.78. The van der Waals surface area contributed by atoms with E-state index in [1.165, 1.54) is 5.56 Å². The highest BCUT2D eigenvalue weighted by Gasteiger charge is 2.19. The molecule has 13 heavy (non-hydrogen) atoms.